The van der Waals surface area contributed by atoms with Gasteiger partial charge in [0.05, 0.1) is 5.56 Å². The molecule has 0 fully saturated rings. The van der Waals surface area contributed by atoms with Crippen LogP contribution in [0.1, 0.15) is 17.7 Å². The van der Waals surface area contributed by atoms with E-state index in [-0.39, 0.29) is 18.4 Å². The van der Waals surface area contributed by atoms with Crippen molar-refractivity contribution in [2.75, 3.05) is 0 Å². The quantitative estimate of drug-likeness (QED) is 0.641. The molecule has 3 nitrogen and oxygen atoms in total. The zero-order valence-electron chi connectivity index (χ0n) is 6.19. The van der Waals surface area contributed by atoms with Gasteiger partial charge in [-0.05, 0) is 0 Å². The summed E-state index contributed by atoms with van der Waals surface area (Å²) >= 11 is 0. The third kappa shape index (κ3) is 1.05. The number of rotatable bonds is 0. The maximum Gasteiger partial charge on any atom is 0.283 e. The normalized spacial score (nSPS) is 20.5. The van der Waals surface area contributed by atoms with Crippen LogP contribution >= 0.6 is 0 Å². The number of halogens is 2. The highest BCUT2D eigenvalue weighted by molar-refractivity contribution is 5.19. The number of aromatic nitrogens is 1. The van der Waals surface area contributed by atoms with Gasteiger partial charge in [-0.3, -0.25) is 4.79 Å². The van der Waals surface area contributed by atoms with Crippen LogP contribution < -0.4 is 5.56 Å². The SMILES string of the molecule is O=c1[nH]oc2c1CC(F)(F)CC2. The molecule has 0 radical (unpaired) electrons. The molecule has 0 aliphatic heterocycles. The van der Waals surface area contributed by atoms with Crippen molar-refractivity contribution in [2.45, 2.75) is 25.2 Å². The average molecular weight is 175 g/mol. The van der Waals surface area contributed by atoms with E-state index in [1.807, 2.05) is 0 Å². The summed E-state index contributed by atoms with van der Waals surface area (Å²) in [5.41, 5.74) is -0.421. The van der Waals surface area contributed by atoms with E-state index in [9.17, 15) is 13.6 Å². The predicted molar refractivity (Wildman–Crippen MR) is 36.3 cm³/mol. The van der Waals surface area contributed by atoms with Crippen LogP contribution in [0.15, 0.2) is 9.32 Å². The lowest BCUT2D eigenvalue weighted by Crippen LogP contribution is -2.28. The summed E-state index contributed by atoms with van der Waals surface area (Å²) in [5.74, 6) is -2.37. The first-order chi connectivity index (χ1) is 5.58. The average Bonchev–Trinajstić information content (AvgIpc) is 2.31. The molecule has 1 aromatic heterocycles. The molecule has 1 aromatic rings. The summed E-state index contributed by atoms with van der Waals surface area (Å²) in [4.78, 5) is 10.9. The van der Waals surface area contributed by atoms with Crippen molar-refractivity contribution in [2.24, 2.45) is 0 Å². The lowest BCUT2D eigenvalue weighted by molar-refractivity contribution is -0.0148. The molecule has 1 heterocycles. The number of fused-ring (bicyclic) bond motifs is 1. The fourth-order valence-electron chi connectivity index (χ4n) is 1.38. The van der Waals surface area contributed by atoms with Crippen molar-refractivity contribution in [3.63, 3.8) is 0 Å². The Morgan fingerprint density at radius 3 is 3.00 bits per heavy atom. The van der Waals surface area contributed by atoms with Gasteiger partial charge in [-0.25, -0.2) is 8.78 Å². The van der Waals surface area contributed by atoms with Gasteiger partial charge in [0.25, 0.3) is 11.5 Å². The highest BCUT2D eigenvalue weighted by Gasteiger charge is 2.37. The Morgan fingerprint density at radius 2 is 2.25 bits per heavy atom. The Kier molecular flexibility index (Phi) is 1.37. The summed E-state index contributed by atoms with van der Waals surface area (Å²) < 4.78 is 30.2. The van der Waals surface area contributed by atoms with Crippen molar-refractivity contribution in [1.82, 2.24) is 5.16 Å². The largest absolute Gasteiger partial charge is 0.383 e. The van der Waals surface area contributed by atoms with Crippen molar-refractivity contribution < 1.29 is 13.3 Å². The monoisotopic (exact) mass is 175 g/mol. The molecule has 0 saturated carbocycles. The Labute approximate surface area is 66.3 Å². The summed E-state index contributed by atoms with van der Waals surface area (Å²) in [6.45, 7) is 0. The minimum Gasteiger partial charge on any atom is -0.383 e. The van der Waals surface area contributed by atoms with Crippen LogP contribution in [0.25, 0.3) is 0 Å². The lowest BCUT2D eigenvalue weighted by Gasteiger charge is -2.18. The maximum absolute atomic E-state index is 12.7. The number of nitrogens with one attached hydrogen (secondary N) is 1. The second kappa shape index (κ2) is 2.18. The molecular weight excluding hydrogens is 168 g/mol. The zero-order chi connectivity index (χ0) is 8.77. The van der Waals surface area contributed by atoms with Crippen molar-refractivity contribution in [3.8, 4) is 0 Å². The first kappa shape index (κ1) is 7.52. The third-order valence-electron chi connectivity index (χ3n) is 2.03. The maximum atomic E-state index is 12.7. The van der Waals surface area contributed by atoms with Gasteiger partial charge >= 0.3 is 0 Å². The predicted octanol–water partition coefficient (Wildman–Crippen LogP) is 1.09. The molecule has 1 N–H and O–H groups in total. The smallest absolute Gasteiger partial charge is 0.283 e. The second-order valence-electron chi connectivity index (χ2n) is 2.97. The molecule has 12 heavy (non-hydrogen) atoms. The zero-order valence-corrected chi connectivity index (χ0v) is 6.19. The van der Waals surface area contributed by atoms with Crippen molar-refractivity contribution in [3.05, 3.63) is 21.7 Å². The minimum atomic E-state index is -2.75. The van der Waals surface area contributed by atoms with Crippen molar-refractivity contribution in [1.29, 1.82) is 0 Å². The van der Waals surface area contributed by atoms with Gasteiger partial charge < -0.3 is 4.52 Å². The van der Waals surface area contributed by atoms with E-state index in [1.54, 1.807) is 0 Å². The van der Waals surface area contributed by atoms with Gasteiger partial charge in [0.2, 0.25) is 0 Å². The van der Waals surface area contributed by atoms with E-state index in [0.717, 1.165) is 0 Å². The van der Waals surface area contributed by atoms with Crippen LogP contribution in [-0.2, 0) is 12.8 Å². The van der Waals surface area contributed by atoms with Crippen LogP contribution in [-0.4, -0.2) is 11.1 Å². The van der Waals surface area contributed by atoms with Crippen LogP contribution in [0.2, 0.25) is 0 Å². The fraction of sp³-hybridized carbons (Fsp3) is 0.571. The Morgan fingerprint density at radius 1 is 1.50 bits per heavy atom. The number of hydrogen-bond acceptors (Lipinski definition) is 2. The molecule has 5 heteroatoms. The minimum absolute atomic E-state index is 0.103. The van der Waals surface area contributed by atoms with Crippen molar-refractivity contribution >= 4 is 0 Å². The van der Waals surface area contributed by atoms with Gasteiger partial charge in [-0.1, -0.05) is 0 Å². The molecule has 0 spiro atoms. The van der Waals surface area contributed by atoms with E-state index in [0.29, 0.717) is 5.76 Å². The van der Waals surface area contributed by atoms with Gasteiger partial charge in [0.1, 0.15) is 5.76 Å². The van der Waals surface area contributed by atoms with E-state index in [4.69, 9.17) is 4.52 Å². The highest BCUT2D eigenvalue weighted by Crippen LogP contribution is 2.30. The van der Waals surface area contributed by atoms with E-state index in [2.05, 4.69) is 5.16 Å². The molecule has 66 valence electrons. The summed E-state index contributed by atoms with van der Waals surface area (Å²) in [6.07, 6.45) is -0.587. The molecule has 0 unspecified atom stereocenters. The standard InChI is InChI=1S/C7H7F2NO2/c8-7(9)2-1-5-4(3-7)6(11)10-12-5/h1-3H2,(H,10,11). The first-order valence-electron chi connectivity index (χ1n) is 3.65. The third-order valence-corrected chi connectivity index (χ3v) is 2.03. The van der Waals surface area contributed by atoms with E-state index < -0.39 is 17.9 Å². The summed E-state index contributed by atoms with van der Waals surface area (Å²) in [7, 11) is 0. The number of H-pyrrole nitrogens is 1. The van der Waals surface area contributed by atoms with Crippen LogP contribution in [0, 0.1) is 0 Å². The Bertz CT molecular complexity index is 353. The van der Waals surface area contributed by atoms with E-state index >= 15 is 0 Å². The fourth-order valence-corrected chi connectivity index (χ4v) is 1.38. The molecule has 2 rings (SSSR count). The van der Waals surface area contributed by atoms with Gasteiger partial charge in [0, 0.05) is 19.3 Å². The van der Waals surface area contributed by atoms with Gasteiger partial charge in [0.15, 0.2) is 0 Å². The molecule has 1 aliphatic carbocycles. The van der Waals surface area contributed by atoms with E-state index in [1.165, 1.54) is 0 Å². The summed E-state index contributed by atoms with van der Waals surface area (Å²) in [6, 6.07) is 0. The summed E-state index contributed by atoms with van der Waals surface area (Å²) in [5, 5.41) is 2.05. The lowest BCUT2D eigenvalue weighted by atomic mass is 9.95. The number of hydrogen-bond donors (Lipinski definition) is 1. The molecule has 0 bridgehead atoms. The first-order valence-corrected chi connectivity index (χ1v) is 3.65. The molecule has 1 aliphatic rings. The topological polar surface area (TPSA) is 46.0 Å². The molecule has 0 amide bonds. The van der Waals surface area contributed by atoms with Crippen LogP contribution in [0.5, 0.6) is 0 Å². The highest BCUT2D eigenvalue weighted by atomic mass is 19.3. The number of aryl methyl sites for hydroxylation is 1. The van der Waals surface area contributed by atoms with Gasteiger partial charge in [-0.2, -0.15) is 5.16 Å². The molecule has 0 saturated heterocycles. The van der Waals surface area contributed by atoms with Crippen LogP contribution in [0.4, 0.5) is 8.78 Å². The second-order valence-corrected chi connectivity index (χ2v) is 2.97. The molecule has 0 atom stereocenters. The Balaban J connectivity index is 2.45. The number of aromatic amines is 1. The molecule has 0 aromatic carbocycles. The molecular formula is C7H7F2NO2. The number of alkyl halides is 2. The van der Waals surface area contributed by atoms with Gasteiger partial charge in [-0.15, -0.1) is 0 Å². The van der Waals surface area contributed by atoms with Crippen LogP contribution in [0.3, 0.4) is 0 Å². The Hall–Kier alpha value is -1.13.